The molecule has 128 valence electrons. The van der Waals surface area contributed by atoms with Gasteiger partial charge in [-0.15, -0.1) is 0 Å². The molecule has 0 bridgehead atoms. The third-order valence-corrected chi connectivity index (χ3v) is 3.98. The Morgan fingerprint density at radius 1 is 1.17 bits per heavy atom. The van der Waals surface area contributed by atoms with Crippen molar-refractivity contribution in [3.63, 3.8) is 0 Å². The fraction of sp³-hybridized carbons (Fsp3) is 0.368. The van der Waals surface area contributed by atoms with E-state index in [1.165, 1.54) is 0 Å². The third kappa shape index (κ3) is 4.47. The highest BCUT2D eigenvalue weighted by atomic mass is 16.4. The van der Waals surface area contributed by atoms with Crippen molar-refractivity contribution in [3.05, 3.63) is 59.0 Å². The Morgan fingerprint density at radius 2 is 1.88 bits per heavy atom. The molecule has 0 spiro atoms. The second-order valence-corrected chi connectivity index (χ2v) is 5.64. The van der Waals surface area contributed by atoms with Gasteiger partial charge in [0.15, 0.2) is 5.76 Å². The summed E-state index contributed by atoms with van der Waals surface area (Å²) in [5.41, 5.74) is 1.91. The van der Waals surface area contributed by atoms with Crippen molar-refractivity contribution in [1.29, 1.82) is 0 Å². The molecule has 24 heavy (non-hydrogen) atoms. The first-order valence-corrected chi connectivity index (χ1v) is 8.24. The number of hydrogen-bond acceptors (Lipinski definition) is 3. The van der Waals surface area contributed by atoms with Crippen molar-refractivity contribution in [2.75, 3.05) is 0 Å². The molecule has 1 aromatic heterocycles. The van der Waals surface area contributed by atoms with E-state index in [9.17, 15) is 9.59 Å². The number of rotatable bonds is 8. The fourth-order valence-electron chi connectivity index (χ4n) is 2.68. The highest BCUT2D eigenvalue weighted by Crippen LogP contribution is 2.21. The average molecular weight is 329 g/mol. The molecule has 0 radical (unpaired) electrons. The fourth-order valence-corrected chi connectivity index (χ4v) is 2.68. The van der Waals surface area contributed by atoms with Crippen LogP contribution in [-0.2, 0) is 17.6 Å². The van der Waals surface area contributed by atoms with Crippen molar-refractivity contribution in [2.24, 2.45) is 0 Å². The number of amides is 1. The van der Waals surface area contributed by atoms with Crippen LogP contribution in [0.1, 0.15) is 60.2 Å². The van der Waals surface area contributed by atoms with Gasteiger partial charge in [0, 0.05) is 12.8 Å². The van der Waals surface area contributed by atoms with E-state index in [1.807, 2.05) is 44.2 Å². The standard InChI is InChI=1S/C19H23NO4/c1-3-13-12-17(24-16(13)4-2)19(23)20-15(10-11-18(21)22)14-8-6-5-7-9-14/h5-9,12,15H,3-4,10-11H2,1-2H3,(H,20,23)(H,21,22). The number of furan rings is 1. The van der Waals surface area contributed by atoms with Crippen LogP contribution in [0.25, 0.3) is 0 Å². The van der Waals surface area contributed by atoms with Crippen molar-refractivity contribution >= 4 is 11.9 Å². The maximum atomic E-state index is 12.5. The number of carboxylic acid groups (broad SMARTS) is 1. The smallest absolute Gasteiger partial charge is 0.303 e. The van der Waals surface area contributed by atoms with Crippen LogP contribution in [0.2, 0.25) is 0 Å². The summed E-state index contributed by atoms with van der Waals surface area (Å²) in [6.45, 7) is 4.00. The van der Waals surface area contributed by atoms with Gasteiger partial charge in [-0.1, -0.05) is 44.2 Å². The van der Waals surface area contributed by atoms with Crippen LogP contribution in [0.3, 0.4) is 0 Å². The van der Waals surface area contributed by atoms with Gasteiger partial charge in [-0.05, 0) is 30.0 Å². The first-order valence-electron chi connectivity index (χ1n) is 8.24. The second-order valence-electron chi connectivity index (χ2n) is 5.64. The van der Waals surface area contributed by atoms with Crippen LogP contribution in [0.15, 0.2) is 40.8 Å². The van der Waals surface area contributed by atoms with Gasteiger partial charge in [-0.25, -0.2) is 0 Å². The predicted molar refractivity (Wildman–Crippen MR) is 91.0 cm³/mol. The van der Waals surface area contributed by atoms with E-state index in [1.54, 1.807) is 6.07 Å². The van der Waals surface area contributed by atoms with Gasteiger partial charge in [0.25, 0.3) is 5.91 Å². The summed E-state index contributed by atoms with van der Waals surface area (Å²) in [6.07, 6.45) is 1.85. The number of carbonyl (C=O) groups is 2. The molecule has 2 rings (SSSR count). The van der Waals surface area contributed by atoms with Crippen LogP contribution in [-0.4, -0.2) is 17.0 Å². The molecule has 0 aliphatic carbocycles. The first kappa shape index (κ1) is 17.8. The van der Waals surface area contributed by atoms with Crippen molar-refractivity contribution in [2.45, 2.75) is 45.6 Å². The van der Waals surface area contributed by atoms with E-state index in [-0.39, 0.29) is 24.1 Å². The molecular weight excluding hydrogens is 306 g/mol. The normalized spacial score (nSPS) is 11.9. The van der Waals surface area contributed by atoms with E-state index in [0.717, 1.165) is 29.7 Å². The maximum Gasteiger partial charge on any atom is 0.303 e. The molecule has 1 unspecified atom stereocenters. The molecule has 0 fully saturated rings. The van der Waals surface area contributed by atoms with Crippen molar-refractivity contribution in [1.82, 2.24) is 5.32 Å². The molecule has 0 aliphatic heterocycles. The van der Waals surface area contributed by atoms with E-state index < -0.39 is 5.97 Å². The number of aryl methyl sites for hydroxylation is 2. The predicted octanol–water partition coefficient (Wildman–Crippen LogP) is 3.74. The van der Waals surface area contributed by atoms with Crippen molar-refractivity contribution in [3.8, 4) is 0 Å². The Balaban J connectivity index is 2.17. The zero-order valence-electron chi connectivity index (χ0n) is 14.0. The molecule has 1 aromatic carbocycles. The van der Waals surface area contributed by atoms with Crippen molar-refractivity contribution < 1.29 is 19.1 Å². The van der Waals surface area contributed by atoms with Gasteiger partial charge in [0.1, 0.15) is 5.76 Å². The molecule has 1 heterocycles. The number of benzene rings is 1. The summed E-state index contributed by atoms with van der Waals surface area (Å²) in [7, 11) is 0. The van der Waals surface area contributed by atoms with Crippen LogP contribution < -0.4 is 5.32 Å². The molecule has 2 aromatic rings. The van der Waals surface area contributed by atoms with Gasteiger partial charge in [0.05, 0.1) is 6.04 Å². The minimum absolute atomic E-state index is 0.0155. The lowest BCUT2D eigenvalue weighted by atomic mass is 10.0. The van der Waals surface area contributed by atoms with Gasteiger partial charge in [0.2, 0.25) is 0 Å². The third-order valence-electron chi connectivity index (χ3n) is 3.98. The van der Waals surface area contributed by atoms with E-state index >= 15 is 0 Å². The molecule has 0 aliphatic rings. The average Bonchev–Trinajstić information content (AvgIpc) is 3.02. The van der Waals surface area contributed by atoms with E-state index in [2.05, 4.69) is 5.32 Å². The second kappa shape index (κ2) is 8.34. The highest BCUT2D eigenvalue weighted by Gasteiger charge is 2.20. The Labute approximate surface area is 141 Å². The molecule has 2 N–H and O–H groups in total. The molecule has 0 saturated heterocycles. The zero-order chi connectivity index (χ0) is 17.5. The Bertz CT molecular complexity index is 669. The Morgan fingerprint density at radius 3 is 2.42 bits per heavy atom. The Kier molecular flexibility index (Phi) is 6.18. The van der Waals surface area contributed by atoms with Crippen LogP contribution in [0.4, 0.5) is 0 Å². The summed E-state index contributed by atoms with van der Waals surface area (Å²) < 4.78 is 5.65. The van der Waals surface area contributed by atoms with Gasteiger partial charge < -0.3 is 14.8 Å². The molecular formula is C19H23NO4. The lowest BCUT2D eigenvalue weighted by Crippen LogP contribution is -2.28. The highest BCUT2D eigenvalue weighted by molar-refractivity contribution is 5.92. The number of carboxylic acids is 1. The summed E-state index contributed by atoms with van der Waals surface area (Å²) >= 11 is 0. The van der Waals surface area contributed by atoms with E-state index in [0.29, 0.717) is 6.42 Å². The van der Waals surface area contributed by atoms with Gasteiger partial charge >= 0.3 is 5.97 Å². The quantitative estimate of drug-likeness (QED) is 0.773. The van der Waals surface area contributed by atoms with Crippen LogP contribution >= 0.6 is 0 Å². The summed E-state index contributed by atoms with van der Waals surface area (Å²) in [4.78, 5) is 23.4. The SMILES string of the molecule is CCc1cc(C(=O)NC(CCC(=O)O)c2ccccc2)oc1CC. The molecule has 5 heteroatoms. The molecule has 1 atom stereocenters. The molecule has 1 amide bonds. The Hall–Kier alpha value is -2.56. The largest absolute Gasteiger partial charge is 0.481 e. The van der Waals surface area contributed by atoms with Gasteiger partial charge in [-0.3, -0.25) is 9.59 Å². The van der Waals surface area contributed by atoms with E-state index in [4.69, 9.17) is 9.52 Å². The zero-order valence-corrected chi connectivity index (χ0v) is 14.0. The van der Waals surface area contributed by atoms with Crippen LogP contribution in [0.5, 0.6) is 0 Å². The maximum absolute atomic E-state index is 12.5. The summed E-state index contributed by atoms with van der Waals surface area (Å²) in [6, 6.07) is 10.8. The summed E-state index contributed by atoms with van der Waals surface area (Å²) in [5, 5.41) is 11.8. The lowest BCUT2D eigenvalue weighted by molar-refractivity contribution is -0.137. The number of nitrogens with one attached hydrogen (secondary N) is 1. The number of carbonyl (C=O) groups excluding carboxylic acids is 1. The van der Waals surface area contributed by atoms with Gasteiger partial charge in [-0.2, -0.15) is 0 Å². The lowest BCUT2D eigenvalue weighted by Gasteiger charge is -2.17. The molecule has 5 nitrogen and oxygen atoms in total. The topological polar surface area (TPSA) is 79.5 Å². The number of hydrogen-bond donors (Lipinski definition) is 2. The summed E-state index contributed by atoms with van der Waals surface area (Å²) in [5.74, 6) is -0.0993. The number of aliphatic carboxylic acids is 1. The minimum Gasteiger partial charge on any atom is -0.481 e. The monoisotopic (exact) mass is 329 g/mol. The molecule has 0 saturated carbocycles. The minimum atomic E-state index is -0.885. The van der Waals surface area contributed by atoms with Crippen LogP contribution in [0, 0.1) is 0 Å². The first-order chi connectivity index (χ1) is 11.5.